The molecule has 40 heteroatoms. The molecule has 4 aliphatic heterocycles. The van der Waals surface area contributed by atoms with Gasteiger partial charge in [0.2, 0.25) is 36.3 Å². The van der Waals surface area contributed by atoms with Gasteiger partial charge in [-0.25, -0.2) is 28.0 Å². The molecule has 4 aliphatic carbocycles. The van der Waals surface area contributed by atoms with E-state index in [4.69, 9.17) is 29.9 Å². The van der Waals surface area contributed by atoms with Gasteiger partial charge in [0.05, 0.1) is 52.6 Å². The van der Waals surface area contributed by atoms with E-state index in [-0.39, 0.29) is 100 Å². The molecule has 4 N–H and O–H groups in total. The van der Waals surface area contributed by atoms with Gasteiger partial charge in [-0.05, 0) is 178 Å². The first kappa shape index (κ1) is 116. The Kier molecular flexibility index (Phi) is 53.7. The minimum atomic E-state index is -4.82. The van der Waals surface area contributed by atoms with E-state index < -0.39 is 104 Å². The molecule has 4 aromatic carbocycles. The second-order valence-electron chi connectivity index (χ2n) is 32.1. The third kappa shape index (κ3) is 46.8. The smallest absolute Gasteiger partial charge is 0.746 e. The van der Waals surface area contributed by atoms with Crippen LogP contribution < -0.4 is 29.6 Å². The number of nitrogens with zero attached hydrogens (tertiary/aromatic N) is 10. The Balaban J connectivity index is 0.000000334. The van der Waals surface area contributed by atoms with Crippen molar-refractivity contribution in [3.63, 3.8) is 0 Å². The van der Waals surface area contributed by atoms with Crippen LogP contribution in [-0.2, 0) is 78.8 Å². The average molecular weight is 1920 g/mol. The van der Waals surface area contributed by atoms with Gasteiger partial charge in [0.25, 0.3) is 6.47 Å². The summed E-state index contributed by atoms with van der Waals surface area (Å²) in [4.78, 5) is 143. The quantitative estimate of drug-likeness (QED) is 0.00329. The summed E-state index contributed by atoms with van der Waals surface area (Å²) in [7, 11) is -4.82. The fourth-order valence-electron chi connectivity index (χ4n) is 13.8. The molecule has 0 amide bonds. The van der Waals surface area contributed by atoms with Crippen molar-refractivity contribution in [3.8, 4) is 23.7 Å². The van der Waals surface area contributed by atoms with E-state index in [0.717, 1.165) is 87.1 Å². The number of benzene rings is 4. The fraction of sp³-hybridized carbons (Fsp3) is 0.423. The van der Waals surface area contributed by atoms with Crippen molar-refractivity contribution in [2.24, 2.45) is 20.0 Å². The molecule has 8 aliphatic rings. The average Bonchev–Trinajstić information content (AvgIpc) is 1.72. The molecular formula is C97H113N10NaO28S. The Labute approximate surface area is 815 Å². The Bertz CT molecular complexity index is 5480. The van der Waals surface area contributed by atoms with E-state index in [9.17, 15) is 102 Å². The molecule has 0 radical (unpaired) electrons. The fourth-order valence-corrected chi connectivity index (χ4v) is 14.3. The molecule has 0 fully saturated rings. The minimum absolute atomic E-state index is 0. The molecule has 11 atom stereocenters. The van der Waals surface area contributed by atoms with Crippen molar-refractivity contribution >= 4 is 93.0 Å². The maximum atomic E-state index is 12.0. The second-order valence-corrected chi connectivity index (χ2v) is 33.6. The molecule has 726 valence electrons. The number of hydrogen-bond donors (Lipinski definition) is 4. The standard InChI is InChI=1S/C21H22N2O4.C21H20N2O4.C12H13NO.C12H11NO.C9H11NO4.C8H17NO7S.C7H11NO4.C7H9NO3.Na/c2*1-15(9-11-18-14-17-6-2-3-8-20(17)22-18)27-21(24)12-10-16-5-4-7-19(13-16)23(25)26;2*1-9(14)6-7-11-8-10-4-2-3-5-12(10)13-11;11-7-14-5-4-8-2-1-3-9(6-8)10(12)13;1-6(10)2-3-7(9(12)13)4-5-8(11)17(14,15)16;9-5-1-3-7(8(11)12)4-2-6-10;9-5-6-2-1-3-7(4-6)8(10)11;/h2-3,5-6,8-12,15,19H,4,7,13-14H2,1H3;2-3,5-6,8,10,12,15,19H,4,7,13-14H2,1H3;2-7,9,14H,8H2,1H3;2-5,9,14H,8H2,1H3;2,4-5,7,9H,1,3,6H2;6-8,10-11H,2-5H2,1H3,(H,14,15,16);5-7H,1-4H2;2,5,7H,1,3-4H2;/q;;;;;;;;+1/p-1/b11-9-,12-10+;12-10+;7-6-;;5-4+;;;;/t2*15-,19?;2*9-;;;;;/m1111...../s1. The summed E-state index contributed by atoms with van der Waals surface area (Å²) in [5.41, 5.74) is 13.2. The zero-order valence-electron chi connectivity index (χ0n) is 77.0. The van der Waals surface area contributed by atoms with Crippen LogP contribution in [0.25, 0.3) is 0 Å². The van der Waals surface area contributed by atoms with Crippen molar-refractivity contribution in [1.82, 2.24) is 0 Å². The number of carbonyl (C=O) groups excluding carboxylic acids is 6. The predicted molar refractivity (Wildman–Crippen MR) is 507 cm³/mol. The maximum absolute atomic E-state index is 12.0. The van der Waals surface area contributed by atoms with E-state index in [1.165, 1.54) is 42.0 Å². The molecule has 0 bridgehead atoms. The summed E-state index contributed by atoms with van der Waals surface area (Å²) in [5, 5.41) is 99.4. The molecule has 4 heterocycles. The van der Waals surface area contributed by atoms with Crippen molar-refractivity contribution in [2.45, 2.75) is 261 Å². The van der Waals surface area contributed by atoms with Crippen LogP contribution in [0.3, 0.4) is 0 Å². The molecular weight excluding hydrogens is 1810 g/mol. The molecule has 38 nitrogen and oxygen atoms in total. The Morgan fingerprint density at radius 1 is 0.467 bits per heavy atom. The van der Waals surface area contributed by atoms with Gasteiger partial charge >= 0.3 is 41.5 Å². The first-order valence-electron chi connectivity index (χ1n) is 44.0. The third-order valence-corrected chi connectivity index (χ3v) is 21.9. The number of carbonyl (C=O) groups is 6. The van der Waals surface area contributed by atoms with Crippen LogP contribution in [-0.4, -0.2) is 195 Å². The normalized spacial score (nSPS) is 18.2. The SMILES string of the molecule is CC(O)CCC(CCC(O)S(=O)(=O)[O-])[N+](=O)[O-].C[C@@H](O)/C=C\C1=Nc2ccccc2C1.C[C@@H](O)C#CC1=Nc2ccccc2C1.C[C@H](/C=C\C1=Nc2ccccc2C1)OC(=O)/C=C/C1=CCCC([N+](=O)[O-])C1.C[C@H](C#CC1=Nc2ccccc2C1)OC(=O)/C=C/C1=CCCC([N+](=O)[O-])C1.O=CC1=CCCC([N+](=O)[O-])C1.O=CCCC(CCC=O)[N+](=O)[O-].O=CO/C=C/C1=CCCC([N+](=O)[O-])C1.[Na+]. The number of ether oxygens (including phenoxy) is 3. The first-order valence-corrected chi connectivity index (χ1v) is 45.4. The van der Waals surface area contributed by atoms with Crippen molar-refractivity contribution in [3.05, 3.63) is 288 Å². The number of fused-ring (bicyclic) bond motifs is 4. The van der Waals surface area contributed by atoms with Crippen LogP contribution in [0.4, 0.5) is 22.7 Å². The van der Waals surface area contributed by atoms with E-state index >= 15 is 0 Å². The molecule has 12 rings (SSSR count). The second kappa shape index (κ2) is 63.3. The largest absolute Gasteiger partial charge is 1.00 e. The van der Waals surface area contributed by atoms with Crippen molar-refractivity contribution < 1.29 is 135 Å². The number of nitro groups is 6. The molecule has 0 aromatic heterocycles. The van der Waals surface area contributed by atoms with E-state index in [0.29, 0.717) is 114 Å². The monoisotopic (exact) mass is 1920 g/mol. The molecule has 0 saturated carbocycles. The van der Waals surface area contributed by atoms with E-state index in [1.54, 1.807) is 64.2 Å². The minimum Gasteiger partial charge on any atom is -0.746 e. The Morgan fingerprint density at radius 2 is 0.832 bits per heavy atom. The maximum Gasteiger partial charge on any atom is 1.00 e. The van der Waals surface area contributed by atoms with Gasteiger partial charge < -0.3 is 48.8 Å². The molecule has 7 unspecified atom stereocenters. The summed E-state index contributed by atoms with van der Waals surface area (Å²) < 4.78 is 46.0. The molecule has 0 spiro atoms. The van der Waals surface area contributed by atoms with Crippen LogP contribution >= 0.6 is 0 Å². The van der Waals surface area contributed by atoms with Gasteiger partial charge in [0.1, 0.15) is 46.6 Å². The van der Waals surface area contributed by atoms with Crippen LogP contribution in [0.2, 0.25) is 0 Å². The van der Waals surface area contributed by atoms with Crippen LogP contribution in [0, 0.1) is 84.4 Å². The van der Waals surface area contributed by atoms with Crippen LogP contribution in [0.1, 0.15) is 185 Å². The number of esters is 2. The van der Waals surface area contributed by atoms with Gasteiger partial charge in [-0.1, -0.05) is 127 Å². The predicted octanol–water partition coefficient (Wildman–Crippen LogP) is 11.0. The van der Waals surface area contributed by atoms with Gasteiger partial charge in [-0.3, -0.25) is 80.3 Å². The third-order valence-electron chi connectivity index (χ3n) is 21.0. The number of aliphatic imine (C=N–C) groups is 4. The summed E-state index contributed by atoms with van der Waals surface area (Å²) >= 11 is 0. The van der Waals surface area contributed by atoms with E-state index in [2.05, 4.69) is 66.6 Å². The Morgan fingerprint density at radius 3 is 1.20 bits per heavy atom. The van der Waals surface area contributed by atoms with Gasteiger partial charge in [-0.2, -0.15) is 0 Å². The first-order chi connectivity index (χ1) is 64.9. The molecule has 0 saturated heterocycles. The number of para-hydroxylation sites is 4. The van der Waals surface area contributed by atoms with Crippen LogP contribution in [0.5, 0.6) is 0 Å². The van der Waals surface area contributed by atoms with Crippen LogP contribution in [0.15, 0.2) is 225 Å². The zero-order chi connectivity index (χ0) is 100. The zero-order valence-corrected chi connectivity index (χ0v) is 79.8. The number of allylic oxidation sites excluding steroid dienone is 9. The number of aliphatic hydroxyl groups excluding tert-OH is 4. The number of aldehydes is 3. The van der Waals surface area contributed by atoms with Crippen molar-refractivity contribution in [2.75, 3.05) is 0 Å². The summed E-state index contributed by atoms with van der Waals surface area (Å²) in [6.45, 7) is 8.66. The topological polar surface area (TPSA) is 577 Å². The van der Waals surface area contributed by atoms with Gasteiger partial charge in [0.15, 0.2) is 6.10 Å². The Hall–Kier alpha value is -13.1. The van der Waals surface area contributed by atoms with Gasteiger partial charge in [0, 0.05) is 169 Å². The number of rotatable bonds is 33. The number of hydrogen-bond acceptors (Lipinski definition) is 32. The molecule has 4 aromatic rings. The van der Waals surface area contributed by atoms with Crippen molar-refractivity contribution in [1.29, 1.82) is 0 Å². The summed E-state index contributed by atoms with van der Waals surface area (Å²) in [6.07, 6.45) is 32.7. The summed E-state index contributed by atoms with van der Waals surface area (Å²) in [6, 6.07) is 28.0. The summed E-state index contributed by atoms with van der Waals surface area (Å²) in [5.74, 6) is 10.5. The number of aliphatic hydroxyl groups is 4. The molecule has 137 heavy (non-hydrogen) atoms. The van der Waals surface area contributed by atoms with E-state index in [1.807, 2.05) is 109 Å². The van der Waals surface area contributed by atoms with Gasteiger partial charge in [-0.15, -0.1) is 0 Å².